The van der Waals surface area contributed by atoms with Crippen LogP contribution in [0, 0.1) is 0 Å². The molecule has 0 aliphatic carbocycles. The Morgan fingerprint density at radius 1 is 1.67 bits per heavy atom. The minimum atomic E-state index is -2.08. The molecular weight excluding hydrogens is 250 g/mol. The van der Waals surface area contributed by atoms with Crippen LogP contribution in [-0.4, -0.2) is 45.9 Å². The first-order valence-corrected chi connectivity index (χ1v) is 8.79. The van der Waals surface area contributed by atoms with E-state index in [0.29, 0.717) is 19.2 Å². The molecule has 1 fully saturated rings. The molecule has 1 heterocycles. The zero-order chi connectivity index (χ0) is 11.5. The van der Waals surface area contributed by atoms with E-state index in [1.165, 1.54) is 0 Å². The van der Waals surface area contributed by atoms with Gasteiger partial charge in [-0.05, 0) is 12.6 Å². The van der Waals surface area contributed by atoms with Crippen LogP contribution in [0.1, 0.15) is 13.3 Å². The predicted octanol–water partition coefficient (Wildman–Crippen LogP) is 1.18. The van der Waals surface area contributed by atoms with Crippen LogP contribution in [0.25, 0.3) is 0 Å². The van der Waals surface area contributed by atoms with Gasteiger partial charge in [-0.1, -0.05) is 24.2 Å². The van der Waals surface area contributed by atoms with Crippen LogP contribution in [0.15, 0.2) is 0 Å². The third-order valence-electron chi connectivity index (χ3n) is 2.24. The molecule has 1 aliphatic rings. The highest BCUT2D eigenvalue weighted by molar-refractivity contribution is 8.53. The summed E-state index contributed by atoms with van der Waals surface area (Å²) in [6, 6.07) is -0.294. The molecule has 0 saturated carbocycles. The fourth-order valence-electron chi connectivity index (χ4n) is 1.45. The van der Waals surface area contributed by atoms with Gasteiger partial charge in [-0.3, -0.25) is 0 Å². The molecule has 1 saturated heterocycles. The smallest absolute Gasteiger partial charge is 0.109 e. The molecule has 15 heavy (non-hydrogen) atoms. The van der Waals surface area contributed by atoms with Crippen molar-refractivity contribution in [3.8, 4) is 0 Å². The van der Waals surface area contributed by atoms with E-state index in [9.17, 15) is 0 Å². The SMILES string of the molecule is [B][C@H]1C[C@@H](OP(=S)([S-])CC)[C@@H](COC)O1. The van der Waals surface area contributed by atoms with E-state index in [1.807, 2.05) is 6.92 Å². The number of hydrogen-bond donors (Lipinski definition) is 0. The lowest BCUT2D eigenvalue weighted by Crippen LogP contribution is -2.28. The summed E-state index contributed by atoms with van der Waals surface area (Å²) < 4.78 is 16.2. The summed E-state index contributed by atoms with van der Waals surface area (Å²) in [6.45, 7) is 2.42. The first-order valence-electron chi connectivity index (χ1n) is 4.87. The molecule has 7 heteroatoms. The normalized spacial score (nSPS) is 35.3. The third kappa shape index (κ3) is 4.37. The van der Waals surface area contributed by atoms with Crippen molar-refractivity contribution in [2.24, 2.45) is 0 Å². The molecule has 2 radical (unpaired) electrons. The summed E-state index contributed by atoms with van der Waals surface area (Å²) >= 11 is 10.4. The van der Waals surface area contributed by atoms with E-state index >= 15 is 0 Å². The maximum atomic E-state index is 5.74. The highest BCUT2D eigenvalue weighted by Crippen LogP contribution is 2.47. The van der Waals surface area contributed by atoms with Crippen molar-refractivity contribution in [2.45, 2.75) is 31.6 Å². The number of rotatable bonds is 5. The van der Waals surface area contributed by atoms with Crippen LogP contribution in [0.3, 0.4) is 0 Å². The van der Waals surface area contributed by atoms with Gasteiger partial charge in [0.15, 0.2) is 0 Å². The molecule has 1 rings (SSSR count). The number of ether oxygens (including phenoxy) is 2. The Bertz CT molecular complexity index is 254. The van der Waals surface area contributed by atoms with Crippen molar-refractivity contribution in [3.63, 3.8) is 0 Å². The summed E-state index contributed by atoms with van der Waals surface area (Å²) in [5.74, 6) is 0. The van der Waals surface area contributed by atoms with E-state index in [2.05, 4.69) is 0 Å². The maximum Gasteiger partial charge on any atom is 0.109 e. The second kappa shape index (κ2) is 6.03. The maximum absolute atomic E-state index is 5.74. The molecule has 0 amide bonds. The number of methoxy groups -OCH3 is 1. The van der Waals surface area contributed by atoms with Gasteiger partial charge in [-0.2, -0.15) is 0 Å². The monoisotopic (exact) mass is 265 g/mol. The lowest BCUT2D eigenvalue weighted by Gasteiger charge is -2.32. The minimum absolute atomic E-state index is 0.108. The summed E-state index contributed by atoms with van der Waals surface area (Å²) in [7, 11) is 7.31. The molecule has 86 valence electrons. The summed E-state index contributed by atoms with van der Waals surface area (Å²) in [5, 5.41) is 0. The van der Waals surface area contributed by atoms with E-state index in [4.69, 9.17) is 45.9 Å². The minimum Gasteiger partial charge on any atom is -0.719 e. The van der Waals surface area contributed by atoms with Crippen LogP contribution < -0.4 is 0 Å². The molecule has 1 unspecified atom stereocenters. The highest BCUT2D eigenvalue weighted by atomic mass is 32.9. The highest BCUT2D eigenvalue weighted by Gasteiger charge is 2.34. The lowest BCUT2D eigenvalue weighted by atomic mass is 9.96. The summed E-state index contributed by atoms with van der Waals surface area (Å²) in [6.07, 6.45) is 1.11. The Hall–Kier alpha value is 0.945. The number of hydrogen-bond acceptors (Lipinski definition) is 5. The van der Waals surface area contributed by atoms with Crippen molar-refractivity contribution in [1.82, 2.24) is 0 Å². The Morgan fingerprint density at radius 3 is 2.87 bits per heavy atom. The molecule has 3 nitrogen and oxygen atoms in total. The van der Waals surface area contributed by atoms with Gasteiger partial charge >= 0.3 is 0 Å². The van der Waals surface area contributed by atoms with Gasteiger partial charge in [0.25, 0.3) is 0 Å². The van der Waals surface area contributed by atoms with Gasteiger partial charge in [-0.15, -0.1) is 0 Å². The average Bonchev–Trinajstić information content (AvgIpc) is 2.47. The largest absolute Gasteiger partial charge is 0.719 e. The second-order valence-corrected chi connectivity index (χ2v) is 9.77. The first kappa shape index (κ1) is 14.0. The van der Waals surface area contributed by atoms with Crippen molar-refractivity contribution >= 4 is 37.4 Å². The quantitative estimate of drug-likeness (QED) is 0.423. The summed E-state index contributed by atoms with van der Waals surface area (Å²) in [4.78, 5) is 0. The van der Waals surface area contributed by atoms with Crippen molar-refractivity contribution in [1.29, 1.82) is 0 Å². The van der Waals surface area contributed by atoms with Crippen LogP contribution in [0.4, 0.5) is 0 Å². The Balaban J connectivity index is 2.55. The zero-order valence-corrected chi connectivity index (χ0v) is 11.4. The van der Waals surface area contributed by atoms with E-state index in [0.717, 1.165) is 0 Å². The molecule has 0 N–H and O–H groups in total. The Kier molecular flexibility index (Phi) is 5.64. The van der Waals surface area contributed by atoms with Crippen LogP contribution >= 0.6 is 5.47 Å². The zero-order valence-electron chi connectivity index (χ0n) is 8.92. The van der Waals surface area contributed by atoms with Crippen molar-refractivity contribution < 1.29 is 14.0 Å². The molecule has 0 aromatic heterocycles. The van der Waals surface area contributed by atoms with Crippen LogP contribution in [0.2, 0.25) is 0 Å². The van der Waals surface area contributed by atoms with Gasteiger partial charge in [0.2, 0.25) is 0 Å². The fraction of sp³-hybridized carbons (Fsp3) is 1.00. The first-order chi connectivity index (χ1) is 6.98. The molecule has 0 aromatic rings. The van der Waals surface area contributed by atoms with Gasteiger partial charge in [0.05, 0.1) is 12.7 Å². The standard InChI is InChI=1S/C8H16BO3PS2/c1-3-13(14,15)12-6-4-8(9)11-7(6)5-10-2/h6-8H,3-5H2,1-2H3,(H,14,15)/p-1/t6-,7-,8-/m1/s1. The third-order valence-corrected chi connectivity index (χ3v) is 5.68. The second-order valence-electron chi connectivity index (χ2n) is 3.48. The van der Waals surface area contributed by atoms with E-state index in [1.54, 1.807) is 7.11 Å². The predicted molar refractivity (Wildman–Crippen MR) is 68.0 cm³/mol. The fourth-order valence-corrected chi connectivity index (χ4v) is 2.90. The van der Waals surface area contributed by atoms with E-state index in [-0.39, 0.29) is 18.2 Å². The van der Waals surface area contributed by atoms with E-state index < -0.39 is 5.47 Å². The van der Waals surface area contributed by atoms with Gasteiger partial charge in [-0.25, -0.2) is 0 Å². The molecular formula is C8H15BO3PS2-. The molecule has 1 aliphatic heterocycles. The van der Waals surface area contributed by atoms with Gasteiger partial charge in [0.1, 0.15) is 14.0 Å². The van der Waals surface area contributed by atoms with Crippen LogP contribution in [0.5, 0.6) is 0 Å². The topological polar surface area (TPSA) is 27.7 Å². The van der Waals surface area contributed by atoms with Crippen molar-refractivity contribution in [2.75, 3.05) is 19.9 Å². The lowest BCUT2D eigenvalue weighted by molar-refractivity contribution is -0.00756. The van der Waals surface area contributed by atoms with Crippen LogP contribution in [-0.2, 0) is 38.1 Å². The molecule has 0 bridgehead atoms. The summed E-state index contributed by atoms with van der Waals surface area (Å²) in [5.41, 5.74) is -2.08. The van der Waals surface area contributed by atoms with Gasteiger partial charge in [0, 0.05) is 13.1 Å². The molecule has 4 atom stereocenters. The van der Waals surface area contributed by atoms with Gasteiger partial charge < -0.3 is 26.2 Å². The Labute approximate surface area is 103 Å². The average molecular weight is 265 g/mol. The molecule has 0 spiro atoms. The molecule has 0 aromatic carbocycles. The van der Waals surface area contributed by atoms with Crippen molar-refractivity contribution in [3.05, 3.63) is 0 Å². The Morgan fingerprint density at radius 2 is 2.33 bits per heavy atom.